The van der Waals surface area contributed by atoms with Gasteiger partial charge >= 0.3 is 6.09 Å². The SMILES string of the molecule is CC1(NC(=O)OC(C)(C)C)C/C(=C/O)C(O)C(C)(C)C1. The minimum absolute atomic E-state index is 0.396. The monoisotopic (exact) mass is 285 g/mol. The van der Waals surface area contributed by atoms with Crippen molar-refractivity contribution in [3.05, 3.63) is 11.8 Å². The average molecular weight is 285 g/mol. The van der Waals surface area contributed by atoms with Crippen LogP contribution >= 0.6 is 0 Å². The van der Waals surface area contributed by atoms with Crippen LogP contribution in [0.3, 0.4) is 0 Å². The predicted molar refractivity (Wildman–Crippen MR) is 77.5 cm³/mol. The highest BCUT2D eigenvalue weighted by molar-refractivity contribution is 5.69. The zero-order chi connectivity index (χ0) is 15.8. The van der Waals surface area contributed by atoms with Crippen LogP contribution in [0.15, 0.2) is 11.8 Å². The Morgan fingerprint density at radius 3 is 2.40 bits per heavy atom. The molecule has 1 rings (SSSR count). The fourth-order valence-corrected chi connectivity index (χ4v) is 2.97. The molecular weight excluding hydrogens is 258 g/mol. The third-order valence-electron chi connectivity index (χ3n) is 3.50. The summed E-state index contributed by atoms with van der Waals surface area (Å²) in [7, 11) is 0. The standard InChI is InChI=1S/C15H27NO4/c1-13(2,3)20-12(19)16-15(6)7-10(8-17)11(18)14(4,5)9-15/h8,11,17-18H,7,9H2,1-6H3,(H,16,19)/b10-8-. The Balaban J connectivity index is 2.86. The molecule has 0 aromatic rings. The molecule has 5 nitrogen and oxygen atoms in total. The van der Waals surface area contributed by atoms with Crippen LogP contribution in [-0.4, -0.2) is 33.6 Å². The molecule has 0 aromatic heterocycles. The zero-order valence-corrected chi connectivity index (χ0v) is 13.3. The van der Waals surface area contributed by atoms with E-state index < -0.39 is 28.8 Å². The summed E-state index contributed by atoms with van der Waals surface area (Å²) in [6.45, 7) is 11.1. The van der Waals surface area contributed by atoms with E-state index in [1.807, 2.05) is 41.5 Å². The van der Waals surface area contributed by atoms with Gasteiger partial charge in [-0.3, -0.25) is 0 Å². The van der Waals surface area contributed by atoms with Gasteiger partial charge in [0.15, 0.2) is 0 Å². The van der Waals surface area contributed by atoms with E-state index in [-0.39, 0.29) is 0 Å². The van der Waals surface area contributed by atoms with Gasteiger partial charge < -0.3 is 20.3 Å². The number of nitrogens with one attached hydrogen (secondary N) is 1. The number of alkyl carbamates (subject to hydrolysis) is 1. The van der Waals surface area contributed by atoms with Crippen LogP contribution in [-0.2, 0) is 4.74 Å². The van der Waals surface area contributed by atoms with Gasteiger partial charge in [0, 0.05) is 5.54 Å². The number of aliphatic hydroxyl groups is 2. The van der Waals surface area contributed by atoms with E-state index in [1.165, 1.54) is 0 Å². The van der Waals surface area contributed by atoms with Crippen molar-refractivity contribution in [2.45, 2.75) is 71.6 Å². The molecule has 3 N–H and O–H groups in total. The molecule has 1 aliphatic rings. The summed E-state index contributed by atoms with van der Waals surface area (Å²) in [5, 5.41) is 22.3. The summed E-state index contributed by atoms with van der Waals surface area (Å²) in [6.07, 6.45) is 0.747. The van der Waals surface area contributed by atoms with Crippen molar-refractivity contribution >= 4 is 6.09 Å². The predicted octanol–water partition coefficient (Wildman–Crippen LogP) is 2.89. The summed E-state index contributed by atoms with van der Waals surface area (Å²) >= 11 is 0. The first-order chi connectivity index (χ1) is 8.88. The van der Waals surface area contributed by atoms with Crippen molar-refractivity contribution in [2.75, 3.05) is 0 Å². The summed E-state index contributed by atoms with van der Waals surface area (Å²) in [5.74, 6) is 0. The molecular formula is C15H27NO4. The summed E-state index contributed by atoms with van der Waals surface area (Å²) in [6, 6.07) is 0. The molecule has 2 unspecified atom stereocenters. The Kier molecular flexibility index (Phi) is 4.44. The van der Waals surface area contributed by atoms with Gasteiger partial charge in [0.25, 0.3) is 0 Å². The topological polar surface area (TPSA) is 78.8 Å². The molecule has 116 valence electrons. The maximum atomic E-state index is 11.9. The van der Waals surface area contributed by atoms with E-state index in [0.717, 1.165) is 6.26 Å². The van der Waals surface area contributed by atoms with Crippen LogP contribution < -0.4 is 5.32 Å². The molecule has 0 aromatic carbocycles. The van der Waals surface area contributed by atoms with Gasteiger partial charge in [-0.25, -0.2) is 4.79 Å². The van der Waals surface area contributed by atoms with Crippen LogP contribution in [0.1, 0.15) is 54.4 Å². The molecule has 0 bridgehead atoms. The van der Waals surface area contributed by atoms with Gasteiger partial charge in [0.2, 0.25) is 0 Å². The van der Waals surface area contributed by atoms with Gasteiger partial charge in [-0.2, -0.15) is 0 Å². The fraction of sp³-hybridized carbons (Fsp3) is 0.800. The van der Waals surface area contributed by atoms with E-state index in [9.17, 15) is 15.0 Å². The molecule has 1 aliphatic carbocycles. The van der Waals surface area contributed by atoms with Gasteiger partial charge in [-0.15, -0.1) is 0 Å². The van der Waals surface area contributed by atoms with Crippen LogP contribution in [0.5, 0.6) is 0 Å². The molecule has 2 atom stereocenters. The molecule has 0 heterocycles. The third-order valence-corrected chi connectivity index (χ3v) is 3.50. The molecule has 0 aliphatic heterocycles. The molecule has 5 heteroatoms. The van der Waals surface area contributed by atoms with Crippen molar-refractivity contribution in [3.63, 3.8) is 0 Å². The second-order valence-electron chi connectivity index (χ2n) is 7.64. The quantitative estimate of drug-likeness (QED) is 0.647. The van der Waals surface area contributed by atoms with Crippen LogP contribution in [0, 0.1) is 5.41 Å². The Labute approximate surface area is 121 Å². The van der Waals surface area contributed by atoms with Crippen molar-refractivity contribution < 1.29 is 19.7 Å². The van der Waals surface area contributed by atoms with Crippen molar-refractivity contribution in [1.82, 2.24) is 5.32 Å². The van der Waals surface area contributed by atoms with Crippen LogP contribution in [0.4, 0.5) is 4.79 Å². The molecule has 0 saturated heterocycles. The van der Waals surface area contributed by atoms with Crippen molar-refractivity contribution in [1.29, 1.82) is 0 Å². The summed E-state index contributed by atoms with van der Waals surface area (Å²) in [4.78, 5) is 11.9. The number of ether oxygens (including phenoxy) is 1. The number of hydrogen-bond donors (Lipinski definition) is 3. The molecule has 0 radical (unpaired) electrons. The number of carbonyl (C=O) groups excluding carboxylic acids is 1. The van der Waals surface area contributed by atoms with Gasteiger partial charge in [-0.05, 0) is 51.5 Å². The lowest BCUT2D eigenvalue weighted by Gasteiger charge is -2.47. The lowest BCUT2D eigenvalue weighted by atomic mass is 9.65. The average Bonchev–Trinajstić information content (AvgIpc) is 2.19. The summed E-state index contributed by atoms with van der Waals surface area (Å²) in [5.41, 5.74) is -1.02. The zero-order valence-electron chi connectivity index (χ0n) is 13.3. The maximum Gasteiger partial charge on any atom is 0.408 e. The molecule has 1 fully saturated rings. The first-order valence-corrected chi connectivity index (χ1v) is 6.91. The smallest absolute Gasteiger partial charge is 0.408 e. The van der Waals surface area contributed by atoms with E-state index in [2.05, 4.69) is 5.32 Å². The van der Waals surface area contributed by atoms with Crippen molar-refractivity contribution in [3.8, 4) is 0 Å². The molecule has 1 saturated carbocycles. The third kappa shape index (κ3) is 4.13. The Morgan fingerprint density at radius 1 is 1.40 bits per heavy atom. The van der Waals surface area contributed by atoms with E-state index in [0.29, 0.717) is 18.4 Å². The Hall–Kier alpha value is -1.23. The van der Waals surface area contributed by atoms with E-state index in [4.69, 9.17) is 4.74 Å². The lowest BCUT2D eigenvalue weighted by Crippen LogP contribution is -2.56. The van der Waals surface area contributed by atoms with Gasteiger partial charge in [0.1, 0.15) is 5.60 Å². The second-order valence-corrected chi connectivity index (χ2v) is 7.64. The fourth-order valence-electron chi connectivity index (χ4n) is 2.97. The van der Waals surface area contributed by atoms with Crippen molar-refractivity contribution in [2.24, 2.45) is 5.41 Å². The Morgan fingerprint density at radius 2 is 1.95 bits per heavy atom. The van der Waals surface area contributed by atoms with Gasteiger partial charge in [0.05, 0.1) is 12.4 Å². The first kappa shape index (κ1) is 16.8. The van der Waals surface area contributed by atoms with E-state index >= 15 is 0 Å². The Bertz CT molecular complexity index is 409. The van der Waals surface area contributed by atoms with Gasteiger partial charge in [-0.1, -0.05) is 13.8 Å². The normalized spacial score (nSPS) is 31.9. The first-order valence-electron chi connectivity index (χ1n) is 6.91. The highest BCUT2D eigenvalue weighted by atomic mass is 16.6. The molecule has 0 spiro atoms. The molecule has 1 amide bonds. The number of hydrogen-bond acceptors (Lipinski definition) is 4. The largest absolute Gasteiger partial charge is 0.516 e. The highest BCUT2D eigenvalue weighted by Crippen LogP contribution is 2.43. The van der Waals surface area contributed by atoms with Crippen LogP contribution in [0.2, 0.25) is 0 Å². The molecule has 20 heavy (non-hydrogen) atoms. The number of aliphatic hydroxyl groups excluding tert-OH is 2. The van der Waals surface area contributed by atoms with Crippen LogP contribution in [0.25, 0.3) is 0 Å². The lowest BCUT2D eigenvalue weighted by molar-refractivity contribution is 0.00691. The number of rotatable bonds is 1. The number of amides is 1. The minimum Gasteiger partial charge on any atom is -0.516 e. The highest BCUT2D eigenvalue weighted by Gasteiger charge is 2.46. The van der Waals surface area contributed by atoms with E-state index in [1.54, 1.807) is 0 Å². The second kappa shape index (κ2) is 5.28. The summed E-state index contributed by atoms with van der Waals surface area (Å²) < 4.78 is 5.28. The maximum absolute atomic E-state index is 11.9. The minimum atomic E-state index is -0.707. The number of carbonyl (C=O) groups is 1.